The standard InChI is InChI=1S/C36H44N4O8S/c1-5-24-47-33-9-7-6-8-30(33)36(48-35(42)39-22-20-38(21-23-39)26-16-18-37(2)19-17-26)31-25-28(46-4)12-15-32(31)40(34(36)41)49(43,44)29-13-10-27(45-3)11-14-29/h6-15,25-26H,5,16-24H2,1-4H3. The zero-order chi connectivity index (χ0) is 34.8. The van der Waals surface area contributed by atoms with Gasteiger partial charge in [0.25, 0.3) is 15.9 Å². The van der Waals surface area contributed by atoms with Crippen LogP contribution in [0.15, 0.2) is 71.6 Å². The lowest BCUT2D eigenvalue weighted by Gasteiger charge is -2.42. The number of sulfonamides is 1. The number of piperazine rings is 1. The second-order valence-electron chi connectivity index (χ2n) is 12.6. The van der Waals surface area contributed by atoms with Gasteiger partial charge in [0, 0.05) is 37.8 Å². The van der Waals surface area contributed by atoms with Gasteiger partial charge in [0.05, 0.1) is 37.0 Å². The third-order valence-corrected chi connectivity index (χ3v) is 11.3. The summed E-state index contributed by atoms with van der Waals surface area (Å²) in [6.45, 7) is 6.50. The highest BCUT2D eigenvalue weighted by atomic mass is 32.2. The molecule has 49 heavy (non-hydrogen) atoms. The van der Waals surface area contributed by atoms with E-state index in [4.69, 9.17) is 18.9 Å². The van der Waals surface area contributed by atoms with Crippen LogP contribution in [0.3, 0.4) is 0 Å². The van der Waals surface area contributed by atoms with Crippen molar-refractivity contribution in [3.63, 3.8) is 0 Å². The number of amides is 2. The zero-order valence-electron chi connectivity index (χ0n) is 28.5. The molecular formula is C36H44N4O8S. The van der Waals surface area contributed by atoms with Gasteiger partial charge in [-0.05, 0) is 87.9 Å². The number of hydrogen-bond donors (Lipinski definition) is 0. The van der Waals surface area contributed by atoms with Crippen LogP contribution in [0, 0.1) is 0 Å². The Hall–Kier alpha value is -4.33. The summed E-state index contributed by atoms with van der Waals surface area (Å²) >= 11 is 0. The van der Waals surface area contributed by atoms with E-state index in [1.54, 1.807) is 41.3 Å². The maximum atomic E-state index is 15.1. The molecule has 0 N–H and O–H groups in total. The van der Waals surface area contributed by atoms with Gasteiger partial charge in [0.1, 0.15) is 17.2 Å². The molecule has 0 saturated carbocycles. The summed E-state index contributed by atoms with van der Waals surface area (Å²) in [4.78, 5) is 35.5. The minimum atomic E-state index is -4.51. The van der Waals surface area contributed by atoms with Crippen molar-refractivity contribution in [3.8, 4) is 17.2 Å². The van der Waals surface area contributed by atoms with Crippen molar-refractivity contribution in [2.45, 2.75) is 42.7 Å². The number of rotatable bonds is 10. The summed E-state index contributed by atoms with van der Waals surface area (Å²) in [6.07, 6.45) is 2.10. The van der Waals surface area contributed by atoms with E-state index in [2.05, 4.69) is 16.8 Å². The Morgan fingerprint density at radius 1 is 0.857 bits per heavy atom. The molecule has 3 aromatic rings. The van der Waals surface area contributed by atoms with E-state index in [9.17, 15) is 13.2 Å². The number of benzene rings is 3. The SMILES string of the molecule is CCCOc1ccccc1C1(OC(=O)N2CCN(C3CCN(C)CC3)CC2)C(=O)N(S(=O)(=O)c2ccc(OC)cc2)c2ccc(OC)cc21. The molecule has 3 aromatic carbocycles. The van der Waals surface area contributed by atoms with Gasteiger partial charge in [-0.15, -0.1) is 0 Å². The number of para-hydroxylation sites is 1. The molecule has 13 heteroatoms. The largest absolute Gasteiger partial charge is 0.497 e. The lowest BCUT2D eigenvalue weighted by atomic mass is 9.86. The van der Waals surface area contributed by atoms with E-state index in [1.165, 1.54) is 44.6 Å². The van der Waals surface area contributed by atoms with Crippen LogP contribution < -0.4 is 18.5 Å². The molecule has 3 heterocycles. The van der Waals surface area contributed by atoms with Gasteiger partial charge in [-0.3, -0.25) is 9.69 Å². The first-order valence-corrected chi connectivity index (χ1v) is 18.1. The van der Waals surface area contributed by atoms with Crippen molar-refractivity contribution in [1.82, 2.24) is 14.7 Å². The number of anilines is 1. The third kappa shape index (κ3) is 6.42. The highest BCUT2D eigenvalue weighted by Gasteiger charge is 2.61. The summed E-state index contributed by atoms with van der Waals surface area (Å²) in [5.41, 5.74) is -1.80. The highest BCUT2D eigenvalue weighted by molar-refractivity contribution is 7.93. The van der Waals surface area contributed by atoms with Crippen molar-refractivity contribution in [2.24, 2.45) is 0 Å². The van der Waals surface area contributed by atoms with Crippen LogP contribution in [0.25, 0.3) is 0 Å². The summed E-state index contributed by atoms with van der Waals surface area (Å²) in [5.74, 6) is 0.153. The molecule has 2 saturated heterocycles. The van der Waals surface area contributed by atoms with E-state index in [1.807, 2.05) is 6.92 Å². The molecule has 3 aliphatic rings. The molecule has 0 aliphatic carbocycles. The number of methoxy groups -OCH3 is 2. The van der Waals surface area contributed by atoms with Crippen LogP contribution >= 0.6 is 0 Å². The molecule has 2 fully saturated rings. The van der Waals surface area contributed by atoms with Crippen LogP contribution in [-0.4, -0.2) is 108 Å². The van der Waals surface area contributed by atoms with E-state index >= 15 is 4.79 Å². The van der Waals surface area contributed by atoms with Gasteiger partial charge in [0.15, 0.2) is 0 Å². The quantitative estimate of drug-likeness (QED) is 0.304. The molecule has 262 valence electrons. The van der Waals surface area contributed by atoms with Gasteiger partial charge in [0.2, 0.25) is 5.60 Å². The number of likely N-dealkylation sites (tertiary alicyclic amines) is 1. The second kappa shape index (κ2) is 14.3. The molecule has 0 radical (unpaired) electrons. The molecular weight excluding hydrogens is 648 g/mol. The Labute approximate surface area is 288 Å². The smallest absolute Gasteiger partial charge is 0.411 e. The zero-order valence-corrected chi connectivity index (χ0v) is 29.3. The number of ether oxygens (including phenoxy) is 4. The lowest BCUT2D eigenvalue weighted by molar-refractivity contribution is -0.132. The lowest BCUT2D eigenvalue weighted by Crippen LogP contribution is -2.55. The summed E-state index contributed by atoms with van der Waals surface area (Å²) in [6, 6.07) is 17.6. The van der Waals surface area contributed by atoms with Gasteiger partial charge in [-0.25, -0.2) is 13.2 Å². The minimum absolute atomic E-state index is 0.0480. The predicted molar refractivity (Wildman–Crippen MR) is 184 cm³/mol. The Bertz CT molecular complexity index is 1770. The Morgan fingerprint density at radius 2 is 1.51 bits per heavy atom. The van der Waals surface area contributed by atoms with Crippen molar-refractivity contribution in [2.75, 3.05) is 71.4 Å². The van der Waals surface area contributed by atoms with Gasteiger partial charge >= 0.3 is 6.09 Å². The Kier molecular flexibility index (Phi) is 10.0. The molecule has 3 aliphatic heterocycles. The first-order valence-electron chi connectivity index (χ1n) is 16.7. The monoisotopic (exact) mass is 692 g/mol. The van der Waals surface area contributed by atoms with Gasteiger partial charge in [-0.2, -0.15) is 4.31 Å². The first kappa shape index (κ1) is 34.5. The van der Waals surface area contributed by atoms with Crippen LogP contribution in [0.1, 0.15) is 37.3 Å². The average Bonchev–Trinajstić information content (AvgIpc) is 3.38. The van der Waals surface area contributed by atoms with E-state index in [0.717, 1.165) is 30.2 Å². The van der Waals surface area contributed by atoms with Gasteiger partial charge < -0.3 is 28.7 Å². The minimum Gasteiger partial charge on any atom is -0.497 e. The van der Waals surface area contributed by atoms with Crippen molar-refractivity contribution in [3.05, 3.63) is 77.9 Å². The molecule has 6 rings (SSSR count). The Balaban J connectivity index is 1.43. The summed E-state index contributed by atoms with van der Waals surface area (Å²) in [5, 5.41) is 0. The molecule has 1 unspecified atom stereocenters. The fraction of sp³-hybridized carbons (Fsp3) is 0.444. The van der Waals surface area contributed by atoms with E-state index < -0.39 is 27.6 Å². The van der Waals surface area contributed by atoms with Gasteiger partial charge in [-0.1, -0.05) is 25.1 Å². The second-order valence-corrected chi connectivity index (χ2v) is 14.4. The maximum absolute atomic E-state index is 15.1. The normalized spacial score (nSPS) is 20.6. The van der Waals surface area contributed by atoms with E-state index in [-0.39, 0.29) is 21.7 Å². The first-order chi connectivity index (χ1) is 23.6. The van der Waals surface area contributed by atoms with Crippen LogP contribution in [0.2, 0.25) is 0 Å². The summed E-state index contributed by atoms with van der Waals surface area (Å²) < 4.78 is 52.8. The summed E-state index contributed by atoms with van der Waals surface area (Å²) in [7, 11) is 0.575. The maximum Gasteiger partial charge on any atom is 0.411 e. The molecule has 0 spiro atoms. The number of nitrogens with zero attached hydrogens (tertiary/aromatic N) is 4. The van der Waals surface area contributed by atoms with Crippen LogP contribution in [0.5, 0.6) is 17.2 Å². The highest BCUT2D eigenvalue weighted by Crippen LogP contribution is 2.52. The fourth-order valence-electron chi connectivity index (χ4n) is 6.90. The molecule has 0 aromatic heterocycles. The fourth-order valence-corrected chi connectivity index (χ4v) is 8.35. The molecule has 2 amide bonds. The number of fused-ring (bicyclic) bond motifs is 1. The van der Waals surface area contributed by atoms with Crippen LogP contribution in [-0.2, 0) is 25.2 Å². The van der Waals surface area contributed by atoms with Crippen molar-refractivity contribution >= 4 is 27.7 Å². The molecule has 12 nitrogen and oxygen atoms in total. The number of hydrogen-bond acceptors (Lipinski definition) is 10. The number of carbonyl (C=O) groups is 2. The van der Waals surface area contributed by atoms with Crippen LogP contribution in [0.4, 0.5) is 10.5 Å². The molecule has 0 bridgehead atoms. The van der Waals surface area contributed by atoms with Crippen molar-refractivity contribution in [1.29, 1.82) is 0 Å². The number of carbonyl (C=O) groups excluding carboxylic acids is 2. The molecule has 1 atom stereocenters. The van der Waals surface area contributed by atoms with Crippen molar-refractivity contribution < 1.29 is 37.0 Å². The average molecular weight is 693 g/mol. The third-order valence-electron chi connectivity index (χ3n) is 9.63. The Morgan fingerprint density at radius 3 is 2.16 bits per heavy atom. The van der Waals surface area contributed by atoms with E-state index in [0.29, 0.717) is 62.5 Å². The topological polar surface area (TPSA) is 118 Å². The predicted octanol–water partition coefficient (Wildman–Crippen LogP) is 4.32. The number of piperidine rings is 1.